The first kappa shape index (κ1) is 29.0. The van der Waals surface area contributed by atoms with Crippen molar-refractivity contribution >= 4 is 68.8 Å². The Kier molecular flexibility index (Phi) is 9.03. The Morgan fingerprint density at radius 3 is 2.60 bits per heavy atom. The van der Waals surface area contributed by atoms with Crippen LogP contribution in [0.3, 0.4) is 0 Å². The lowest BCUT2D eigenvalue weighted by atomic mass is 10.1. The summed E-state index contributed by atoms with van der Waals surface area (Å²) in [5.74, 6) is -1.13. The van der Waals surface area contributed by atoms with E-state index >= 15 is 0 Å². The number of carbonyl (C=O) groups is 2. The van der Waals surface area contributed by atoms with E-state index in [0.717, 1.165) is 25.9 Å². The van der Waals surface area contributed by atoms with Gasteiger partial charge in [-0.2, -0.15) is 0 Å². The second kappa shape index (κ2) is 12.5. The predicted octanol–water partition coefficient (Wildman–Crippen LogP) is 5.35. The molecule has 1 fully saturated rings. The fraction of sp³-hybridized carbons (Fsp3) is 0.185. The van der Waals surface area contributed by atoms with E-state index in [1.807, 2.05) is 4.90 Å². The van der Waals surface area contributed by atoms with Crippen molar-refractivity contribution in [3.63, 3.8) is 0 Å². The van der Waals surface area contributed by atoms with E-state index in [-0.39, 0.29) is 58.3 Å². The van der Waals surface area contributed by atoms with Crippen molar-refractivity contribution in [2.75, 3.05) is 18.4 Å². The number of ether oxygens (including phenoxy) is 1. The number of benzene rings is 2. The fourth-order valence-electron chi connectivity index (χ4n) is 4.18. The van der Waals surface area contributed by atoms with E-state index in [9.17, 15) is 24.2 Å². The van der Waals surface area contributed by atoms with Crippen LogP contribution in [0.1, 0.15) is 28.1 Å². The van der Waals surface area contributed by atoms with Crippen molar-refractivity contribution in [3.8, 4) is 23.0 Å². The van der Waals surface area contributed by atoms with Gasteiger partial charge in [-0.15, -0.1) is 23.7 Å². The van der Waals surface area contributed by atoms with Gasteiger partial charge in [-0.1, -0.05) is 0 Å². The molecule has 0 aliphatic carbocycles. The van der Waals surface area contributed by atoms with E-state index in [2.05, 4.69) is 15.6 Å². The first-order valence-electron chi connectivity index (χ1n) is 12.0. The minimum absolute atomic E-state index is 0. The SMILES string of the molecule is Cl.O=C(Cc1cc(O)ccc1O)NC(=S)Nc1ccc(Oc2ccnc3cc(C(=O)N4CCCC4)sc23)c(F)c1. The monoisotopic (exact) mass is 602 g/mol. The summed E-state index contributed by atoms with van der Waals surface area (Å²) in [6, 6.07) is 11.3. The zero-order valence-electron chi connectivity index (χ0n) is 20.8. The molecule has 0 atom stereocenters. The van der Waals surface area contributed by atoms with Crippen molar-refractivity contribution in [2.24, 2.45) is 0 Å². The molecule has 0 radical (unpaired) electrons. The number of thiophene rings is 1. The van der Waals surface area contributed by atoms with Crippen LogP contribution >= 0.6 is 36.0 Å². The molecule has 13 heteroatoms. The van der Waals surface area contributed by atoms with E-state index in [0.29, 0.717) is 20.8 Å². The van der Waals surface area contributed by atoms with Crippen molar-refractivity contribution in [2.45, 2.75) is 19.3 Å². The molecule has 4 N–H and O–H groups in total. The summed E-state index contributed by atoms with van der Waals surface area (Å²) in [7, 11) is 0. The molecular weight excluding hydrogens is 579 g/mol. The highest BCUT2D eigenvalue weighted by molar-refractivity contribution is 7.80. The van der Waals surface area contributed by atoms with Crippen LogP contribution in [0.2, 0.25) is 0 Å². The number of rotatable bonds is 6. The maximum Gasteiger partial charge on any atom is 0.264 e. The molecule has 3 heterocycles. The van der Waals surface area contributed by atoms with Crippen LogP contribution in [0.25, 0.3) is 10.2 Å². The van der Waals surface area contributed by atoms with Gasteiger partial charge in [0.2, 0.25) is 5.91 Å². The number of hydrogen-bond acceptors (Lipinski definition) is 8. The van der Waals surface area contributed by atoms with Gasteiger partial charge in [0, 0.05) is 42.7 Å². The summed E-state index contributed by atoms with van der Waals surface area (Å²) in [4.78, 5) is 31.8. The standard InChI is InChI=1S/C27H23FN4O5S2.ClH/c28-18-13-16(30-27(38)31-24(35)12-15-11-17(33)4-5-20(15)34)3-6-21(18)37-22-7-8-29-19-14-23(39-25(19)22)26(36)32-9-1-2-10-32;/h3-8,11,13-14,33-34H,1-2,9-10,12H2,(H2,30,31,35,38);1H. The minimum atomic E-state index is -0.673. The molecule has 0 bridgehead atoms. The first-order valence-corrected chi connectivity index (χ1v) is 13.3. The number of pyridine rings is 1. The molecule has 0 unspecified atom stereocenters. The zero-order chi connectivity index (χ0) is 27.5. The molecule has 9 nitrogen and oxygen atoms in total. The van der Waals surface area contributed by atoms with Crippen LogP contribution in [-0.4, -0.2) is 50.1 Å². The van der Waals surface area contributed by atoms with E-state index in [1.54, 1.807) is 18.3 Å². The summed E-state index contributed by atoms with van der Waals surface area (Å²) in [6.45, 7) is 1.48. The molecule has 1 aliphatic rings. The highest BCUT2D eigenvalue weighted by atomic mass is 35.5. The van der Waals surface area contributed by atoms with Gasteiger partial charge < -0.3 is 30.5 Å². The number of hydrogen-bond donors (Lipinski definition) is 4. The van der Waals surface area contributed by atoms with Crippen LogP contribution in [0.15, 0.2) is 54.7 Å². The Labute approximate surface area is 244 Å². The zero-order valence-corrected chi connectivity index (χ0v) is 23.3. The molecule has 0 saturated carbocycles. The summed E-state index contributed by atoms with van der Waals surface area (Å²) in [6.07, 6.45) is 3.31. The summed E-state index contributed by atoms with van der Waals surface area (Å²) in [5.41, 5.74) is 1.10. The largest absolute Gasteiger partial charge is 0.508 e. The van der Waals surface area contributed by atoms with Gasteiger partial charge in [0.15, 0.2) is 16.7 Å². The van der Waals surface area contributed by atoms with Gasteiger partial charge in [0.25, 0.3) is 5.91 Å². The van der Waals surface area contributed by atoms with Gasteiger partial charge in [-0.25, -0.2) is 4.39 Å². The Balaban J connectivity index is 0.00000370. The second-order valence-electron chi connectivity index (χ2n) is 8.87. The number of phenolic OH excluding ortho intramolecular Hbond substituents is 2. The lowest BCUT2D eigenvalue weighted by molar-refractivity contribution is -0.119. The number of fused-ring (bicyclic) bond motifs is 1. The molecule has 5 rings (SSSR count). The van der Waals surface area contributed by atoms with E-state index < -0.39 is 11.7 Å². The van der Waals surface area contributed by atoms with Crippen LogP contribution in [-0.2, 0) is 11.2 Å². The average Bonchev–Trinajstić information content (AvgIpc) is 3.58. The summed E-state index contributed by atoms with van der Waals surface area (Å²) in [5, 5.41) is 24.5. The maximum atomic E-state index is 14.9. The number of phenols is 2. The predicted molar refractivity (Wildman–Crippen MR) is 156 cm³/mol. The molecule has 1 saturated heterocycles. The molecule has 2 aromatic heterocycles. The van der Waals surface area contributed by atoms with Crippen molar-refractivity contribution in [3.05, 3.63) is 71.0 Å². The lowest BCUT2D eigenvalue weighted by Gasteiger charge is -2.13. The Hall–Kier alpha value is -4.00. The van der Waals surface area contributed by atoms with Gasteiger partial charge in [0.05, 0.1) is 21.5 Å². The Morgan fingerprint density at radius 2 is 1.85 bits per heavy atom. The number of anilines is 1. The third kappa shape index (κ3) is 6.58. The molecule has 208 valence electrons. The number of nitrogens with zero attached hydrogens (tertiary/aromatic N) is 2. The van der Waals surface area contributed by atoms with Gasteiger partial charge in [-0.05, 0) is 61.5 Å². The highest BCUT2D eigenvalue weighted by Crippen LogP contribution is 2.36. The maximum absolute atomic E-state index is 14.9. The molecule has 40 heavy (non-hydrogen) atoms. The number of aromatic hydroxyl groups is 2. The number of thiocarbonyl (C=S) groups is 1. The normalized spacial score (nSPS) is 12.6. The minimum Gasteiger partial charge on any atom is -0.508 e. The molecule has 2 amide bonds. The fourth-order valence-corrected chi connectivity index (χ4v) is 5.44. The quantitative estimate of drug-likeness (QED) is 0.172. The van der Waals surface area contributed by atoms with Crippen molar-refractivity contribution < 1.29 is 28.9 Å². The second-order valence-corrected chi connectivity index (χ2v) is 10.3. The van der Waals surface area contributed by atoms with Crippen molar-refractivity contribution in [1.29, 1.82) is 0 Å². The van der Waals surface area contributed by atoms with Crippen LogP contribution in [0, 0.1) is 5.82 Å². The average molecular weight is 603 g/mol. The Morgan fingerprint density at radius 1 is 1.07 bits per heavy atom. The third-order valence-electron chi connectivity index (χ3n) is 6.06. The van der Waals surface area contributed by atoms with E-state index in [4.69, 9.17) is 17.0 Å². The number of nitrogens with one attached hydrogen (secondary N) is 2. The summed E-state index contributed by atoms with van der Waals surface area (Å²) < 4.78 is 21.4. The number of halogens is 2. The van der Waals surface area contributed by atoms with Gasteiger partial charge in [-0.3, -0.25) is 14.6 Å². The molecule has 0 spiro atoms. The van der Waals surface area contributed by atoms with Gasteiger partial charge >= 0.3 is 0 Å². The lowest BCUT2D eigenvalue weighted by Crippen LogP contribution is -2.35. The number of aromatic nitrogens is 1. The van der Waals surface area contributed by atoms with Crippen molar-refractivity contribution in [1.82, 2.24) is 15.2 Å². The van der Waals surface area contributed by atoms with E-state index in [1.165, 1.54) is 47.7 Å². The topological polar surface area (TPSA) is 124 Å². The number of amides is 2. The number of likely N-dealkylation sites (tertiary alicyclic amines) is 1. The molecular formula is C27H24ClFN4O5S2. The third-order valence-corrected chi connectivity index (χ3v) is 7.39. The highest BCUT2D eigenvalue weighted by Gasteiger charge is 2.23. The van der Waals surface area contributed by atoms with Crippen LogP contribution in [0.4, 0.5) is 10.1 Å². The van der Waals surface area contributed by atoms with Crippen LogP contribution in [0.5, 0.6) is 23.0 Å². The summed E-state index contributed by atoms with van der Waals surface area (Å²) >= 11 is 6.40. The smallest absolute Gasteiger partial charge is 0.264 e. The first-order chi connectivity index (χ1) is 18.8. The molecule has 1 aliphatic heterocycles. The Bertz CT molecular complexity index is 1590. The number of carbonyl (C=O) groups excluding carboxylic acids is 2. The molecule has 4 aromatic rings. The molecule has 2 aromatic carbocycles. The van der Waals surface area contributed by atoms with Crippen LogP contribution < -0.4 is 15.4 Å². The van der Waals surface area contributed by atoms with Gasteiger partial charge in [0.1, 0.15) is 17.2 Å².